The number of carbonyl (C=O) groups is 6. The van der Waals surface area contributed by atoms with Crippen molar-refractivity contribution < 1.29 is 62.7 Å². The predicted octanol–water partition coefficient (Wildman–Crippen LogP) is 5.01. The Labute approximate surface area is 359 Å². The molecule has 7 rings (SSSR count). The van der Waals surface area contributed by atoms with E-state index in [4.69, 9.17) is 23.7 Å². The number of aliphatic hydroxyl groups excluding tert-OH is 1. The highest BCUT2D eigenvalue weighted by Crippen LogP contribution is 2.64. The van der Waals surface area contributed by atoms with Gasteiger partial charge in [-0.2, -0.15) is 0 Å². The number of carbonyl (C=O) groups excluding carboxylic acids is 6. The van der Waals surface area contributed by atoms with Gasteiger partial charge in [-0.1, -0.05) is 80.6 Å². The number of hydrogen-bond acceptors (Lipinski definition) is 13. The van der Waals surface area contributed by atoms with Gasteiger partial charge in [0.1, 0.15) is 23.9 Å². The maximum absolute atomic E-state index is 15.5. The fraction of sp³-hybridized carbons (Fsp3) is 0.458. The lowest BCUT2D eigenvalue weighted by atomic mass is 9.44. The minimum atomic E-state index is -2.31. The van der Waals surface area contributed by atoms with Gasteiger partial charge in [0.15, 0.2) is 17.5 Å². The van der Waals surface area contributed by atoms with Gasteiger partial charge in [-0.3, -0.25) is 24.0 Å². The highest BCUT2D eigenvalue weighted by atomic mass is 16.6. The van der Waals surface area contributed by atoms with E-state index in [0.717, 1.165) is 6.92 Å². The smallest absolute Gasteiger partial charge is 0.338 e. The number of esters is 4. The second-order valence-corrected chi connectivity index (χ2v) is 17.7. The summed E-state index contributed by atoms with van der Waals surface area (Å²) < 4.78 is 30.7. The maximum Gasteiger partial charge on any atom is 0.338 e. The van der Waals surface area contributed by atoms with Crippen LogP contribution in [0.1, 0.15) is 93.6 Å². The van der Waals surface area contributed by atoms with Crippen LogP contribution in [0.2, 0.25) is 0 Å². The van der Waals surface area contributed by atoms with Crippen LogP contribution in [0.15, 0.2) is 102 Å². The molecule has 0 spiro atoms. The van der Waals surface area contributed by atoms with Crippen LogP contribution in [0.25, 0.3) is 0 Å². The Morgan fingerprint density at radius 3 is 1.95 bits per heavy atom. The Balaban J connectivity index is 1.39. The van der Waals surface area contributed by atoms with Crippen LogP contribution in [-0.4, -0.2) is 94.1 Å². The minimum Gasteiger partial charge on any atom is -0.457 e. The molecule has 14 heteroatoms. The van der Waals surface area contributed by atoms with Gasteiger partial charge in [-0.15, -0.1) is 0 Å². The van der Waals surface area contributed by atoms with Crippen molar-refractivity contribution >= 4 is 35.6 Å². The van der Waals surface area contributed by atoms with E-state index in [0.29, 0.717) is 11.1 Å². The Bertz CT molecular complexity index is 2280. The molecule has 1 aliphatic heterocycles. The number of fused-ring (bicyclic) bond motifs is 5. The first kappa shape index (κ1) is 44.4. The highest BCUT2D eigenvalue weighted by Gasteiger charge is 2.78. The van der Waals surface area contributed by atoms with E-state index < -0.39 is 112 Å². The molecule has 3 aromatic carbocycles. The zero-order valence-corrected chi connectivity index (χ0v) is 35.8. The molecule has 3 N–H and O–H groups in total. The summed E-state index contributed by atoms with van der Waals surface area (Å²) in [5.41, 5.74) is -6.21. The van der Waals surface area contributed by atoms with Crippen molar-refractivity contribution in [3.05, 3.63) is 119 Å². The Morgan fingerprint density at radius 2 is 1.40 bits per heavy atom. The van der Waals surface area contributed by atoms with E-state index in [1.54, 1.807) is 107 Å². The highest BCUT2D eigenvalue weighted by molar-refractivity contribution is 5.96. The molecule has 328 valence electrons. The average Bonchev–Trinajstić information content (AvgIpc) is 3.24. The maximum atomic E-state index is 15.5. The van der Waals surface area contributed by atoms with Gasteiger partial charge < -0.3 is 39.2 Å². The third-order valence-electron chi connectivity index (χ3n) is 13.8. The normalized spacial score (nSPS) is 31.9. The van der Waals surface area contributed by atoms with Crippen molar-refractivity contribution in [2.75, 3.05) is 6.61 Å². The molecule has 62 heavy (non-hydrogen) atoms. The van der Waals surface area contributed by atoms with Crippen molar-refractivity contribution in [1.29, 1.82) is 0 Å². The number of aliphatic hydroxyl groups is 2. The Hall–Kier alpha value is -5.70. The van der Waals surface area contributed by atoms with Gasteiger partial charge in [0, 0.05) is 37.7 Å². The first-order valence-electron chi connectivity index (χ1n) is 20.8. The number of Topliss-reactive ketones (excluding diaryl/α,β-unsaturated/α-hetero) is 1. The molecule has 2 saturated carbocycles. The monoisotopic (exact) mass is 851 g/mol. The lowest BCUT2D eigenvalue weighted by Crippen LogP contribution is -2.82. The van der Waals surface area contributed by atoms with Crippen LogP contribution in [0, 0.1) is 22.7 Å². The molecule has 0 aromatic heterocycles. The molecule has 14 nitrogen and oxygen atoms in total. The summed E-state index contributed by atoms with van der Waals surface area (Å²) in [4.78, 5) is 83.9. The fourth-order valence-corrected chi connectivity index (χ4v) is 10.4. The summed E-state index contributed by atoms with van der Waals surface area (Å²) in [6.07, 6.45) is -7.99. The Kier molecular flexibility index (Phi) is 11.8. The second-order valence-electron chi connectivity index (χ2n) is 17.7. The Morgan fingerprint density at radius 1 is 0.823 bits per heavy atom. The zero-order valence-electron chi connectivity index (χ0n) is 35.8. The van der Waals surface area contributed by atoms with Crippen molar-refractivity contribution in [2.24, 2.45) is 22.7 Å². The molecule has 11 atom stereocenters. The molecule has 3 aromatic rings. The lowest BCUT2D eigenvalue weighted by molar-refractivity contribution is -0.346. The van der Waals surface area contributed by atoms with E-state index in [1.165, 1.54) is 26.0 Å². The number of ketones is 1. The van der Waals surface area contributed by atoms with Crippen LogP contribution in [0.4, 0.5) is 0 Å². The lowest BCUT2D eigenvalue weighted by Gasteiger charge is -2.67. The van der Waals surface area contributed by atoms with Crippen molar-refractivity contribution in [1.82, 2.24) is 5.32 Å². The van der Waals surface area contributed by atoms with Gasteiger partial charge in [0.2, 0.25) is 0 Å². The number of amides is 1. The van der Waals surface area contributed by atoms with Gasteiger partial charge in [-0.25, -0.2) is 4.79 Å². The van der Waals surface area contributed by atoms with Crippen molar-refractivity contribution in [2.45, 2.75) is 109 Å². The third kappa shape index (κ3) is 7.31. The average molecular weight is 852 g/mol. The van der Waals surface area contributed by atoms with Crippen molar-refractivity contribution in [3.63, 3.8) is 0 Å². The number of ether oxygens (including phenoxy) is 5. The predicted molar refractivity (Wildman–Crippen MR) is 221 cm³/mol. The molecule has 1 saturated heterocycles. The molecule has 2 unspecified atom stereocenters. The summed E-state index contributed by atoms with van der Waals surface area (Å²) in [5.74, 6) is -7.07. The number of hydrogen-bond donors (Lipinski definition) is 3. The van der Waals surface area contributed by atoms with Crippen LogP contribution in [0.5, 0.6) is 0 Å². The fourth-order valence-electron chi connectivity index (χ4n) is 10.4. The molecule has 3 fully saturated rings. The molecule has 2 bridgehead atoms. The minimum absolute atomic E-state index is 0.0787. The molecule has 4 aliphatic rings. The van der Waals surface area contributed by atoms with E-state index in [2.05, 4.69) is 5.32 Å². The summed E-state index contributed by atoms with van der Waals surface area (Å²) in [7, 11) is 0. The topological polar surface area (TPSA) is 201 Å². The quantitative estimate of drug-likeness (QED) is 0.140. The molecule has 1 amide bonds. The summed E-state index contributed by atoms with van der Waals surface area (Å²) in [6.45, 7) is 9.87. The van der Waals surface area contributed by atoms with Gasteiger partial charge >= 0.3 is 23.9 Å². The van der Waals surface area contributed by atoms with Crippen LogP contribution >= 0.6 is 0 Å². The van der Waals surface area contributed by atoms with Gasteiger partial charge in [0.05, 0.1) is 41.6 Å². The van der Waals surface area contributed by atoms with Gasteiger partial charge in [0.25, 0.3) is 5.91 Å². The summed E-state index contributed by atoms with van der Waals surface area (Å²) in [6, 6.07) is 24.5. The van der Waals surface area contributed by atoms with Crippen molar-refractivity contribution in [3.8, 4) is 0 Å². The first-order chi connectivity index (χ1) is 29.3. The zero-order chi connectivity index (χ0) is 44.9. The standard InChI is InChI=1S/C48H53NO13/c1-26-33(60-43(55)27(2)37(30-17-11-8-12-18-30)49-42(54)31-19-13-9-14-20-31)24-48(57)41(61-44(56)32-21-15-10-16-22-32)39-46(7,34(52)23-35-47(39,25-58-35)62-29(4)51)40(53)38(59-28(3)50)36(26)45(48,5)6/h8-22,27,33-35,37-39,41,52,57H,23-25H2,1-7H3,(H,49,54)/t27-,33-,34-,35+,37-,38+,39?,41?,46+,47+,48+/m0/s1. The number of rotatable bonds is 10. The second kappa shape index (κ2) is 16.5. The molecule has 0 radical (unpaired) electrons. The molecule has 1 heterocycles. The van der Waals surface area contributed by atoms with Crippen LogP contribution < -0.4 is 5.32 Å². The first-order valence-corrected chi connectivity index (χ1v) is 20.8. The number of benzene rings is 3. The summed E-state index contributed by atoms with van der Waals surface area (Å²) >= 11 is 0. The van der Waals surface area contributed by atoms with E-state index >= 15 is 4.79 Å². The van der Waals surface area contributed by atoms with Crippen LogP contribution in [-0.2, 0) is 42.9 Å². The molecule has 3 aliphatic carbocycles. The van der Waals surface area contributed by atoms with Crippen LogP contribution in [0.3, 0.4) is 0 Å². The molecular weight excluding hydrogens is 799 g/mol. The third-order valence-corrected chi connectivity index (χ3v) is 13.8. The van der Waals surface area contributed by atoms with E-state index in [1.807, 2.05) is 0 Å². The van der Waals surface area contributed by atoms with Gasteiger partial charge in [-0.05, 0) is 61.7 Å². The number of nitrogens with one attached hydrogen (secondary N) is 1. The van der Waals surface area contributed by atoms with E-state index in [9.17, 15) is 34.2 Å². The SMILES string of the molecule is CC(=O)O[C@H]1C(=O)[C@@]2(C)C(C(OC(=O)c3ccccc3)[C@]3(O)C[C@H](OC(=O)[C@@H](C)[C@H](NC(=O)c4ccccc4)c4ccccc4)C(C)=C1C3(C)C)[C@@]1(OC(C)=O)CO[C@@H]1C[C@@H]2O. The largest absolute Gasteiger partial charge is 0.457 e. The summed E-state index contributed by atoms with van der Waals surface area (Å²) in [5, 5.41) is 28.8. The molecular formula is C48H53NO13. The van der Waals surface area contributed by atoms with E-state index in [-0.39, 0.29) is 29.7 Å².